The van der Waals surface area contributed by atoms with Crippen molar-refractivity contribution >= 4 is 12.0 Å². The zero-order valence-electron chi connectivity index (χ0n) is 21.9. The van der Waals surface area contributed by atoms with E-state index in [4.69, 9.17) is 0 Å². The second-order valence-corrected chi connectivity index (χ2v) is 11.7. The molecule has 0 aromatic heterocycles. The molecule has 1 aliphatic heterocycles. The van der Waals surface area contributed by atoms with E-state index < -0.39 is 35.4 Å². The number of rotatable bonds is 4. The van der Waals surface area contributed by atoms with Crippen molar-refractivity contribution in [2.75, 3.05) is 13.1 Å². The summed E-state index contributed by atoms with van der Waals surface area (Å²) < 4.78 is 79.2. The van der Waals surface area contributed by atoms with Gasteiger partial charge in [0.15, 0.2) is 0 Å². The van der Waals surface area contributed by atoms with E-state index in [-0.39, 0.29) is 29.0 Å². The highest BCUT2D eigenvalue weighted by atomic mass is 19.4. The van der Waals surface area contributed by atoms with Crippen LogP contribution in [0.2, 0.25) is 0 Å². The Balaban J connectivity index is 1.23. The van der Waals surface area contributed by atoms with Gasteiger partial charge < -0.3 is 5.32 Å². The van der Waals surface area contributed by atoms with E-state index >= 15 is 0 Å². The number of fused-ring (bicyclic) bond motifs is 2. The molecule has 1 N–H and O–H groups in total. The monoisotopic (exact) mass is 550 g/mol. The summed E-state index contributed by atoms with van der Waals surface area (Å²) in [7, 11) is 0. The number of alkyl halides is 6. The molecule has 2 fully saturated rings. The standard InChI is InChI=1S/C30H32F6N2O/c1-19-18-38(12-11-28(19)10-7-21-5-3-4-6-25(21)28)24-8-9-27(2,16-24)26(39)37-17-20-13-22(29(31,32)33)15-23(14-20)30(34,35)36/h3-7,10,13-15,19,24H,8-9,11-12,16-18H2,1-2H3,(H,37,39)/t19-,24+,27-,28-/m0/s1. The Morgan fingerprint density at radius 1 is 1.03 bits per heavy atom. The lowest BCUT2D eigenvalue weighted by Crippen LogP contribution is -2.50. The van der Waals surface area contributed by atoms with Crippen molar-refractivity contribution in [1.82, 2.24) is 10.2 Å². The van der Waals surface area contributed by atoms with Gasteiger partial charge in [-0.05, 0) is 73.0 Å². The molecule has 3 aliphatic rings. The molecule has 4 atom stereocenters. The van der Waals surface area contributed by atoms with Crippen molar-refractivity contribution in [3.05, 3.63) is 76.4 Å². The van der Waals surface area contributed by atoms with Crippen LogP contribution in [0.3, 0.4) is 0 Å². The number of allylic oxidation sites excluding steroid dienone is 1. The van der Waals surface area contributed by atoms with Gasteiger partial charge in [-0.25, -0.2) is 0 Å². The first-order chi connectivity index (χ1) is 18.2. The van der Waals surface area contributed by atoms with E-state index in [1.165, 1.54) is 11.1 Å². The Hall–Kier alpha value is -2.81. The molecular formula is C30H32F6N2O. The van der Waals surface area contributed by atoms with Crippen LogP contribution in [-0.2, 0) is 29.1 Å². The quantitative estimate of drug-likeness (QED) is 0.408. The molecule has 5 rings (SSSR count). The summed E-state index contributed by atoms with van der Waals surface area (Å²) in [6.07, 6.45) is -2.29. The van der Waals surface area contributed by atoms with E-state index in [0.717, 1.165) is 25.9 Å². The summed E-state index contributed by atoms with van der Waals surface area (Å²) in [5.41, 5.74) is -1.08. The lowest BCUT2D eigenvalue weighted by atomic mass is 9.68. The van der Waals surface area contributed by atoms with Crippen molar-refractivity contribution < 1.29 is 31.1 Å². The normalized spacial score (nSPS) is 29.1. The van der Waals surface area contributed by atoms with Crippen LogP contribution in [-0.4, -0.2) is 29.9 Å². The highest BCUT2D eigenvalue weighted by Crippen LogP contribution is 2.49. The van der Waals surface area contributed by atoms with Crippen molar-refractivity contribution in [3.8, 4) is 0 Å². The summed E-state index contributed by atoms with van der Waals surface area (Å²) in [4.78, 5) is 15.6. The number of piperidine rings is 1. The van der Waals surface area contributed by atoms with Crippen molar-refractivity contribution in [3.63, 3.8) is 0 Å². The topological polar surface area (TPSA) is 32.3 Å². The third kappa shape index (κ3) is 5.22. The molecule has 0 radical (unpaired) electrons. The van der Waals surface area contributed by atoms with Crippen molar-refractivity contribution in [1.29, 1.82) is 0 Å². The first-order valence-corrected chi connectivity index (χ1v) is 13.3. The van der Waals surface area contributed by atoms with Gasteiger partial charge in [-0.2, -0.15) is 26.3 Å². The largest absolute Gasteiger partial charge is 0.416 e. The molecule has 2 aromatic carbocycles. The van der Waals surface area contributed by atoms with Gasteiger partial charge in [0.05, 0.1) is 11.1 Å². The SMILES string of the molecule is C[C@H]1CN([C@@H]2CC[C@](C)(C(=O)NCc3cc(C(F)(F)F)cc(C(F)(F)F)c3)C2)CC[C@@]12C=Cc1ccccc12. The molecule has 3 nitrogen and oxygen atoms in total. The first-order valence-electron chi connectivity index (χ1n) is 13.3. The molecule has 9 heteroatoms. The van der Waals surface area contributed by atoms with Gasteiger partial charge in [-0.1, -0.05) is 50.3 Å². The molecule has 1 saturated carbocycles. The molecule has 1 spiro atoms. The van der Waals surface area contributed by atoms with E-state index in [1.54, 1.807) is 0 Å². The Morgan fingerprint density at radius 2 is 1.69 bits per heavy atom. The van der Waals surface area contributed by atoms with Crippen molar-refractivity contribution in [2.24, 2.45) is 11.3 Å². The third-order valence-corrected chi connectivity index (χ3v) is 9.10. The molecule has 210 valence electrons. The second-order valence-electron chi connectivity index (χ2n) is 11.7. The molecule has 1 saturated heterocycles. The highest BCUT2D eigenvalue weighted by Gasteiger charge is 2.48. The van der Waals surface area contributed by atoms with Crippen LogP contribution < -0.4 is 5.32 Å². The molecule has 2 aromatic rings. The summed E-state index contributed by atoms with van der Waals surface area (Å²) >= 11 is 0. The Morgan fingerprint density at radius 3 is 2.33 bits per heavy atom. The minimum Gasteiger partial charge on any atom is -0.352 e. The third-order valence-electron chi connectivity index (χ3n) is 9.10. The minimum absolute atomic E-state index is 0.0204. The molecule has 1 heterocycles. The minimum atomic E-state index is -4.93. The average Bonchev–Trinajstić information content (AvgIpc) is 3.46. The fourth-order valence-corrected chi connectivity index (χ4v) is 6.80. The number of halogens is 6. The fraction of sp³-hybridized carbons (Fsp3) is 0.500. The van der Waals surface area contributed by atoms with E-state index in [1.807, 2.05) is 6.92 Å². The van der Waals surface area contributed by atoms with Gasteiger partial charge >= 0.3 is 12.4 Å². The maximum Gasteiger partial charge on any atom is 0.416 e. The molecule has 1 amide bonds. The fourth-order valence-electron chi connectivity index (χ4n) is 6.80. The number of carbonyl (C=O) groups is 1. The van der Waals surface area contributed by atoms with Gasteiger partial charge in [0.2, 0.25) is 5.91 Å². The van der Waals surface area contributed by atoms with Gasteiger partial charge in [-0.15, -0.1) is 0 Å². The molecule has 0 unspecified atom stereocenters. The molecule has 2 aliphatic carbocycles. The van der Waals surface area contributed by atoms with Gasteiger partial charge in [0.1, 0.15) is 0 Å². The average molecular weight is 551 g/mol. The summed E-state index contributed by atoms with van der Waals surface area (Å²) in [5, 5.41) is 2.62. The number of amides is 1. The predicted molar refractivity (Wildman–Crippen MR) is 137 cm³/mol. The van der Waals surface area contributed by atoms with Gasteiger partial charge in [0.25, 0.3) is 0 Å². The molecule has 0 bridgehead atoms. The van der Waals surface area contributed by atoms with Crippen LogP contribution in [0.5, 0.6) is 0 Å². The summed E-state index contributed by atoms with van der Waals surface area (Å²) in [6.45, 7) is 5.49. The number of hydrogen-bond acceptors (Lipinski definition) is 2. The molecule has 39 heavy (non-hydrogen) atoms. The van der Waals surface area contributed by atoms with Crippen LogP contribution >= 0.6 is 0 Å². The first kappa shape index (κ1) is 27.7. The zero-order chi connectivity index (χ0) is 28.2. The Kier molecular flexibility index (Phi) is 6.89. The van der Waals surface area contributed by atoms with E-state index in [9.17, 15) is 31.1 Å². The van der Waals surface area contributed by atoms with Crippen LogP contribution in [0.1, 0.15) is 67.3 Å². The van der Waals surface area contributed by atoms with E-state index in [0.29, 0.717) is 30.9 Å². The maximum atomic E-state index is 13.2. The maximum absolute atomic E-state index is 13.2. The van der Waals surface area contributed by atoms with E-state index in [2.05, 4.69) is 53.6 Å². The van der Waals surface area contributed by atoms with Crippen LogP contribution in [0.15, 0.2) is 48.5 Å². The van der Waals surface area contributed by atoms with Crippen LogP contribution in [0, 0.1) is 11.3 Å². The predicted octanol–water partition coefficient (Wildman–Crippen LogP) is 7.21. The Labute approximate surface area is 224 Å². The number of hydrogen-bond donors (Lipinski definition) is 1. The number of nitrogens with one attached hydrogen (secondary N) is 1. The lowest BCUT2D eigenvalue weighted by Gasteiger charge is -2.46. The summed E-state index contributed by atoms with van der Waals surface area (Å²) in [6, 6.07) is 10.1. The summed E-state index contributed by atoms with van der Waals surface area (Å²) in [5.74, 6) is 0.0423. The number of nitrogens with zero attached hydrogens (tertiary/aromatic N) is 1. The van der Waals surface area contributed by atoms with Gasteiger partial charge in [0, 0.05) is 30.0 Å². The number of benzene rings is 2. The highest BCUT2D eigenvalue weighted by molar-refractivity contribution is 5.82. The smallest absolute Gasteiger partial charge is 0.352 e. The molecular weight excluding hydrogens is 518 g/mol. The Bertz CT molecular complexity index is 1250. The van der Waals surface area contributed by atoms with Crippen LogP contribution in [0.4, 0.5) is 26.3 Å². The zero-order valence-corrected chi connectivity index (χ0v) is 21.9. The number of likely N-dealkylation sites (tertiary alicyclic amines) is 1. The van der Waals surface area contributed by atoms with Crippen molar-refractivity contribution in [2.45, 2.75) is 69.9 Å². The van der Waals surface area contributed by atoms with Crippen LogP contribution in [0.25, 0.3) is 6.08 Å². The number of carbonyl (C=O) groups excluding carboxylic acids is 1. The lowest BCUT2D eigenvalue weighted by molar-refractivity contribution is -0.143. The van der Waals surface area contributed by atoms with Gasteiger partial charge in [-0.3, -0.25) is 9.69 Å². The second kappa shape index (κ2) is 9.68.